The number of carboxylic acids is 1. The molecule has 0 amide bonds. The molecule has 0 radical (unpaired) electrons. The van der Waals surface area contributed by atoms with Gasteiger partial charge in [-0.05, 0) is 6.07 Å². The summed E-state index contributed by atoms with van der Waals surface area (Å²) in [5, 5.41) is 9.52. The quantitative estimate of drug-likeness (QED) is 0.708. The van der Waals surface area contributed by atoms with Crippen LogP contribution in [0.3, 0.4) is 0 Å². The molecular formula is C16H12FN5O4S. The van der Waals surface area contributed by atoms with E-state index in [2.05, 4.69) is 14.3 Å². The molecule has 0 unspecified atom stereocenters. The van der Waals surface area contributed by atoms with Crippen LogP contribution in [0, 0.1) is 5.82 Å². The van der Waals surface area contributed by atoms with Gasteiger partial charge in [-0.1, -0.05) is 0 Å². The van der Waals surface area contributed by atoms with Crippen LogP contribution < -0.4 is 10.3 Å². The maximum Gasteiger partial charge on any atom is 0.341 e. The molecule has 0 atom stereocenters. The second-order valence-corrected chi connectivity index (χ2v) is 7.33. The number of fused-ring (bicyclic) bond motifs is 1. The first-order valence-corrected chi connectivity index (χ1v) is 8.90. The number of halogens is 1. The van der Waals surface area contributed by atoms with E-state index in [1.54, 1.807) is 4.90 Å². The van der Waals surface area contributed by atoms with Gasteiger partial charge in [0.1, 0.15) is 17.5 Å². The van der Waals surface area contributed by atoms with Crippen molar-refractivity contribution in [3.05, 3.63) is 40.2 Å². The Morgan fingerprint density at radius 1 is 1.41 bits per heavy atom. The van der Waals surface area contributed by atoms with Gasteiger partial charge in [0.2, 0.25) is 10.6 Å². The van der Waals surface area contributed by atoms with Crippen LogP contribution >= 0.6 is 11.5 Å². The Labute approximate surface area is 154 Å². The van der Waals surface area contributed by atoms with Gasteiger partial charge in [-0.3, -0.25) is 9.36 Å². The zero-order chi connectivity index (χ0) is 18.8. The van der Waals surface area contributed by atoms with Crippen molar-refractivity contribution in [3.8, 4) is 5.13 Å². The highest BCUT2D eigenvalue weighted by atomic mass is 32.1. The molecule has 2 aliphatic rings. The number of pyridine rings is 2. The summed E-state index contributed by atoms with van der Waals surface area (Å²) in [6.45, 7) is 1.76. The number of hydrogen-bond donors (Lipinski definition) is 1. The molecule has 9 nitrogen and oxygen atoms in total. The lowest BCUT2D eigenvalue weighted by molar-refractivity contribution is -0.161. The highest BCUT2D eigenvalue weighted by Gasteiger charge is 2.50. The molecule has 2 fully saturated rings. The molecule has 3 aromatic heterocycles. The number of hydrogen-bond acceptors (Lipinski definition) is 8. The van der Waals surface area contributed by atoms with Crippen molar-refractivity contribution in [1.29, 1.82) is 0 Å². The lowest BCUT2D eigenvalue weighted by atomic mass is 9.86. The van der Waals surface area contributed by atoms with E-state index in [4.69, 9.17) is 4.74 Å². The van der Waals surface area contributed by atoms with E-state index in [9.17, 15) is 19.1 Å². The van der Waals surface area contributed by atoms with Crippen LogP contribution in [0.5, 0.6) is 0 Å². The third-order valence-corrected chi connectivity index (χ3v) is 5.59. The molecule has 0 saturated carbocycles. The van der Waals surface area contributed by atoms with Gasteiger partial charge < -0.3 is 14.7 Å². The lowest BCUT2D eigenvalue weighted by Gasteiger charge is -2.55. The zero-order valence-corrected chi connectivity index (χ0v) is 14.6. The van der Waals surface area contributed by atoms with Gasteiger partial charge in [-0.2, -0.15) is 4.37 Å². The first kappa shape index (κ1) is 16.3. The van der Waals surface area contributed by atoms with Crippen molar-refractivity contribution in [1.82, 2.24) is 18.9 Å². The predicted molar refractivity (Wildman–Crippen MR) is 93.2 cm³/mol. The molecule has 138 valence electrons. The molecule has 11 heteroatoms. The number of aromatic carboxylic acids is 1. The Kier molecular flexibility index (Phi) is 3.34. The van der Waals surface area contributed by atoms with Crippen LogP contribution in [-0.2, 0) is 4.74 Å². The second kappa shape index (κ2) is 5.54. The number of rotatable bonds is 3. The molecule has 5 heterocycles. The molecule has 1 N–H and O–H groups in total. The largest absolute Gasteiger partial charge is 0.477 e. The smallest absolute Gasteiger partial charge is 0.341 e. The molecule has 0 aliphatic carbocycles. The minimum absolute atomic E-state index is 0.101. The minimum Gasteiger partial charge on any atom is -0.477 e. The third kappa shape index (κ3) is 2.35. The molecule has 0 aromatic carbocycles. The third-order valence-electron chi connectivity index (χ3n) is 4.92. The maximum absolute atomic E-state index is 14.7. The summed E-state index contributed by atoms with van der Waals surface area (Å²) < 4.78 is 25.5. The topological polar surface area (TPSA) is 110 Å². The second-order valence-electron chi connectivity index (χ2n) is 6.57. The molecule has 2 aliphatic heterocycles. The number of aromatic nitrogens is 4. The maximum atomic E-state index is 14.7. The van der Waals surface area contributed by atoms with Crippen LogP contribution in [0.4, 0.5) is 10.2 Å². The molecule has 5 rings (SSSR count). The minimum atomic E-state index is -1.41. The molecular weight excluding hydrogens is 377 g/mol. The Morgan fingerprint density at radius 3 is 2.78 bits per heavy atom. The van der Waals surface area contributed by atoms with Crippen molar-refractivity contribution >= 4 is 34.4 Å². The fraction of sp³-hybridized carbons (Fsp3) is 0.312. The van der Waals surface area contributed by atoms with Gasteiger partial charge in [0.15, 0.2) is 17.3 Å². The number of ether oxygens (including phenoxy) is 1. The van der Waals surface area contributed by atoms with E-state index in [0.29, 0.717) is 24.8 Å². The van der Waals surface area contributed by atoms with E-state index in [-0.39, 0.29) is 22.5 Å². The Hall–Kier alpha value is -2.92. The summed E-state index contributed by atoms with van der Waals surface area (Å²) in [6.07, 6.45) is 3.38. The van der Waals surface area contributed by atoms with Crippen molar-refractivity contribution < 1.29 is 19.0 Å². The first-order valence-electron chi connectivity index (χ1n) is 8.13. The summed E-state index contributed by atoms with van der Waals surface area (Å²) in [5.74, 6) is -1.99. The zero-order valence-electron chi connectivity index (χ0n) is 13.8. The molecule has 0 bridgehead atoms. The van der Waals surface area contributed by atoms with Crippen molar-refractivity contribution in [2.24, 2.45) is 0 Å². The molecule has 2 saturated heterocycles. The standard InChI is InChI=1S/C16H12FN5O4S/c17-10-3-8-11(23)9(14(24)25)4-22(15-18-7-19-27-15)12(8)20-13(10)21-5-16(6-21)1-2-26-16/h3-4,7H,1-2,5-6H2,(H,24,25). The van der Waals surface area contributed by atoms with Gasteiger partial charge in [-0.15, -0.1) is 0 Å². The highest BCUT2D eigenvalue weighted by molar-refractivity contribution is 7.08. The van der Waals surface area contributed by atoms with Crippen LogP contribution in [0.1, 0.15) is 16.8 Å². The molecule has 3 aromatic rings. The van der Waals surface area contributed by atoms with Gasteiger partial charge in [0.25, 0.3) is 0 Å². The van der Waals surface area contributed by atoms with E-state index in [1.807, 2.05) is 0 Å². The van der Waals surface area contributed by atoms with Gasteiger partial charge in [-0.25, -0.2) is 19.2 Å². The normalized spacial score (nSPS) is 17.7. The average molecular weight is 389 g/mol. The van der Waals surface area contributed by atoms with E-state index in [0.717, 1.165) is 30.2 Å². The number of carboxylic acid groups (broad SMARTS) is 1. The molecule has 27 heavy (non-hydrogen) atoms. The fourth-order valence-corrected chi connectivity index (χ4v) is 3.96. The van der Waals surface area contributed by atoms with E-state index < -0.39 is 22.8 Å². The van der Waals surface area contributed by atoms with Crippen LogP contribution in [-0.4, -0.2) is 55.3 Å². The summed E-state index contributed by atoms with van der Waals surface area (Å²) in [4.78, 5) is 34.1. The first-order chi connectivity index (χ1) is 13.0. The number of anilines is 1. The monoisotopic (exact) mass is 389 g/mol. The Morgan fingerprint density at radius 2 is 2.19 bits per heavy atom. The van der Waals surface area contributed by atoms with Crippen molar-refractivity contribution in [2.75, 3.05) is 24.6 Å². The molecule has 1 spiro atoms. The predicted octanol–water partition coefficient (Wildman–Crippen LogP) is 1.05. The van der Waals surface area contributed by atoms with Gasteiger partial charge in [0.05, 0.1) is 25.1 Å². The Balaban J connectivity index is 1.71. The van der Waals surface area contributed by atoms with Crippen LogP contribution in [0.2, 0.25) is 0 Å². The number of carbonyl (C=O) groups is 1. The Bertz CT molecular complexity index is 1130. The van der Waals surface area contributed by atoms with Gasteiger partial charge in [0, 0.05) is 24.2 Å². The summed E-state index contributed by atoms with van der Waals surface area (Å²) in [5.41, 5.74) is -1.36. The van der Waals surface area contributed by atoms with E-state index >= 15 is 0 Å². The number of nitrogens with zero attached hydrogens (tertiary/aromatic N) is 5. The summed E-state index contributed by atoms with van der Waals surface area (Å²) >= 11 is 1.01. The highest BCUT2D eigenvalue weighted by Crippen LogP contribution is 2.39. The lowest BCUT2D eigenvalue weighted by Crippen LogP contribution is -2.68. The summed E-state index contributed by atoms with van der Waals surface area (Å²) in [7, 11) is 0. The summed E-state index contributed by atoms with van der Waals surface area (Å²) in [6, 6.07) is 1.04. The SMILES string of the molecule is O=C(O)c1cn(-c2ncns2)c2nc(N3CC4(CCO4)C3)c(F)cc2c1=O. The average Bonchev–Trinajstić information content (AvgIpc) is 3.07. The van der Waals surface area contributed by atoms with Crippen molar-refractivity contribution in [3.63, 3.8) is 0 Å². The van der Waals surface area contributed by atoms with Gasteiger partial charge >= 0.3 is 5.97 Å². The van der Waals surface area contributed by atoms with Crippen LogP contribution in [0.15, 0.2) is 23.4 Å². The van der Waals surface area contributed by atoms with E-state index in [1.165, 1.54) is 10.9 Å². The fourth-order valence-electron chi connectivity index (χ4n) is 3.45. The van der Waals surface area contributed by atoms with Crippen LogP contribution in [0.25, 0.3) is 16.2 Å². The van der Waals surface area contributed by atoms with Crippen molar-refractivity contribution in [2.45, 2.75) is 12.0 Å².